The van der Waals surface area contributed by atoms with Crippen molar-refractivity contribution in [2.45, 2.75) is 18.2 Å². The van der Waals surface area contributed by atoms with E-state index in [1.54, 1.807) is 66.7 Å². The number of para-hydroxylation sites is 1. The Hall–Kier alpha value is -3.03. The number of rotatable bonds is 4. The van der Waals surface area contributed by atoms with Gasteiger partial charge < -0.3 is 10.6 Å². The summed E-state index contributed by atoms with van der Waals surface area (Å²) in [6.07, 6.45) is 0.572. The fraction of sp³-hybridized carbons (Fsp3) is 0.136. The fourth-order valence-corrected chi connectivity index (χ4v) is 5.07. The van der Waals surface area contributed by atoms with Crippen LogP contribution in [0.15, 0.2) is 71.6 Å². The molecule has 0 fully saturated rings. The highest BCUT2D eigenvalue weighted by Crippen LogP contribution is 2.34. The van der Waals surface area contributed by atoms with Crippen molar-refractivity contribution in [3.8, 4) is 0 Å². The Morgan fingerprint density at radius 1 is 1.00 bits per heavy atom. The molecule has 6 nitrogen and oxygen atoms in total. The van der Waals surface area contributed by atoms with Gasteiger partial charge in [0, 0.05) is 12.2 Å². The van der Waals surface area contributed by atoms with Crippen LogP contribution in [0.4, 0.5) is 21.9 Å². The van der Waals surface area contributed by atoms with Crippen LogP contribution in [0.3, 0.4) is 0 Å². The molecule has 3 aromatic rings. The van der Waals surface area contributed by atoms with Crippen molar-refractivity contribution in [1.82, 2.24) is 0 Å². The number of sulfonamides is 1. The lowest BCUT2D eigenvalue weighted by atomic mass is 10.1. The number of benzene rings is 3. The number of anilines is 3. The summed E-state index contributed by atoms with van der Waals surface area (Å²) < 4.78 is 27.5. The fourth-order valence-electron chi connectivity index (χ4n) is 3.38. The predicted octanol–water partition coefficient (Wildman–Crippen LogP) is 5.04. The van der Waals surface area contributed by atoms with Gasteiger partial charge in [0.1, 0.15) is 0 Å². The molecule has 0 saturated heterocycles. The quantitative estimate of drug-likeness (QED) is 0.595. The Kier molecular flexibility index (Phi) is 5.40. The van der Waals surface area contributed by atoms with Crippen molar-refractivity contribution in [3.05, 3.63) is 82.9 Å². The molecule has 0 radical (unpaired) electrons. The van der Waals surface area contributed by atoms with Gasteiger partial charge in [-0.2, -0.15) is 0 Å². The molecule has 0 bridgehead atoms. The van der Waals surface area contributed by atoms with Crippen molar-refractivity contribution in [3.63, 3.8) is 0 Å². The summed E-state index contributed by atoms with van der Waals surface area (Å²) in [6, 6.07) is 18.6. The molecule has 1 aliphatic rings. The molecular formula is C22H20ClN3O3S. The van der Waals surface area contributed by atoms with Crippen LogP contribution >= 0.6 is 11.6 Å². The van der Waals surface area contributed by atoms with Crippen LogP contribution in [0.25, 0.3) is 0 Å². The molecule has 0 aliphatic carbocycles. The van der Waals surface area contributed by atoms with E-state index in [9.17, 15) is 13.2 Å². The first-order valence-corrected chi connectivity index (χ1v) is 11.2. The molecule has 2 amide bonds. The van der Waals surface area contributed by atoms with Gasteiger partial charge in [-0.3, -0.25) is 4.31 Å². The molecule has 1 aliphatic heterocycles. The second kappa shape index (κ2) is 8.01. The Morgan fingerprint density at radius 2 is 1.73 bits per heavy atom. The number of urea groups is 1. The van der Waals surface area contributed by atoms with Gasteiger partial charge in [-0.15, -0.1) is 0 Å². The Labute approximate surface area is 180 Å². The molecule has 0 aromatic heterocycles. The molecule has 0 unspecified atom stereocenters. The maximum Gasteiger partial charge on any atom is 0.323 e. The van der Waals surface area contributed by atoms with E-state index in [4.69, 9.17) is 11.6 Å². The number of nitrogens with zero attached hydrogens (tertiary/aromatic N) is 1. The number of hydrogen-bond acceptors (Lipinski definition) is 3. The monoisotopic (exact) mass is 441 g/mol. The van der Waals surface area contributed by atoms with Gasteiger partial charge in [0.15, 0.2) is 0 Å². The predicted molar refractivity (Wildman–Crippen MR) is 120 cm³/mol. The molecule has 154 valence electrons. The van der Waals surface area contributed by atoms with Crippen LogP contribution in [-0.2, 0) is 16.4 Å². The van der Waals surface area contributed by atoms with E-state index in [-0.39, 0.29) is 4.90 Å². The van der Waals surface area contributed by atoms with Crippen molar-refractivity contribution in [2.24, 2.45) is 0 Å². The summed E-state index contributed by atoms with van der Waals surface area (Å²) >= 11 is 6.06. The summed E-state index contributed by atoms with van der Waals surface area (Å²) in [5.74, 6) is 0. The van der Waals surface area contributed by atoms with Crippen LogP contribution in [0.2, 0.25) is 5.02 Å². The highest BCUT2D eigenvalue weighted by molar-refractivity contribution is 7.92. The van der Waals surface area contributed by atoms with Gasteiger partial charge in [-0.1, -0.05) is 41.4 Å². The minimum Gasteiger partial charge on any atom is -0.308 e. The number of hydrogen-bond donors (Lipinski definition) is 2. The van der Waals surface area contributed by atoms with Crippen LogP contribution in [-0.4, -0.2) is 21.0 Å². The normalized spacial score (nSPS) is 13.1. The third-order valence-corrected chi connectivity index (χ3v) is 7.08. The van der Waals surface area contributed by atoms with Gasteiger partial charge in [0.25, 0.3) is 10.0 Å². The molecule has 0 saturated carbocycles. The van der Waals surface area contributed by atoms with E-state index in [0.717, 1.165) is 11.1 Å². The molecule has 1 heterocycles. The zero-order chi connectivity index (χ0) is 21.3. The molecule has 3 aromatic carbocycles. The van der Waals surface area contributed by atoms with Crippen LogP contribution < -0.4 is 14.9 Å². The second-order valence-electron chi connectivity index (χ2n) is 7.04. The minimum absolute atomic E-state index is 0.266. The Morgan fingerprint density at radius 3 is 2.47 bits per heavy atom. The van der Waals surface area contributed by atoms with E-state index in [0.29, 0.717) is 35.1 Å². The smallest absolute Gasteiger partial charge is 0.308 e. The van der Waals surface area contributed by atoms with Crippen LogP contribution in [0, 0.1) is 6.92 Å². The van der Waals surface area contributed by atoms with Crippen molar-refractivity contribution in [2.75, 3.05) is 21.5 Å². The third kappa shape index (κ3) is 3.99. The third-order valence-electron chi connectivity index (χ3n) is 4.92. The lowest BCUT2D eigenvalue weighted by Crippen LogP contribution is -2.29. The van der Waals surface area contributed by atoms with E-state index in [2.05, 4.69) is 10.6 Å². The number of aryl methyl sites for hydroxylation is 1. The minimum atomic E-state index is -3.63. The molecule has 0 spiro atoms. The van der Waals surface area contributed by atoms with Gasteiger partial charge >= 0.3 is 6.03 Å². The molecule has 30 heavy (non-hydrogen) atoms. The summed E-state index contributed by atoms with van der Waals surface area (Å²) in [4.78, 5) is 12.5. The van der Waals surface area contributed by atoms with E-state index < -0.39 is 16.1 Å². The average molecular weight is 442 g/mol. The number of carbonyl (C=O) groups is 1. The van der Waals surface area contributed by atoms with E-state index in [1.807, 2.05) is 6.92 Å². The number of carbonyl (C=O) groups excluding carboxylic acids is 1. The highest BCUT2D eigenvalue weighted by atomic mass is 35.5. The van der Waals surface area contributed by atoms with E-state index >= 15 is 0 Å². The summed E-state index contributed by atoms with van der Waals surface area (Å²) in [6.45, 7) is 2.28. The molecular weight excluding hydrogens is 422 g/mol. The summed E-state index contributed by atoms with van der Waals surface area (Å²) in [5, 5.41) is 5.90. The van der Waals surface area contributed by atoms with Crippen molar-refractivity contribution < 1.29 is 13.2 Å². The van der Waals surface area contributed by atoms with Gasteiger partial charge in [-0.05, 0) is 61.4 Å². The number of fused-ring (bicyclic) bond motifs is 1. The first-order valence-electron chi connectivity index (χ1n) is 9.39. The zero-order valence-corrected chi connectivity index (χ0v) is 17.8. The number of nitrogens with one attached hydrogen (secondary N) is 2. The highest BCUT2D eigenvalue weighted by Gasteiger charge is 2.31. The SMILES string of the molecule is Cc1ccc(S(=O)(=O)N2CCc3cc(NC(=O)Nc4ccccc4Cl)ccc32)cc1. The first-order chi connectivity index (χ1) is 14.3. The van der Waals surface area contributed by atoms with Crippen LogP contribution in [0.1, 0.15) is 11.1 Å². The molecule has 2 N–H and O–H groups in total. The van der Waals surface area contributed by atoms with Crippen molar-refractivity contribution in [1.29, 1.82) is 0 Å². The van der Waals surface area contributed by atoms with Gasteiger partial charge in [0.05, 0.1) is 21.3 Å². The lowest BCUT2D eigenvalue weighted by Gasteiger charge is -2.20. The number of amides is 2. The molecule has 4 rings (SSSR count). The largest absolute Gasteiger partial charge is 0.323 e. The van der Waals surface area contributed by atoms with Crippen molar-refractivity contribution >= 4 is 44.7 Å². The van der Waals surface area contributed by atoms with Crippen LogP contribution in [0.5, 0.6) is 0 Å². The second-order valence-corrected chi connectivity index (χ2v) is 9.31. The topological polar surface area (TPSA) is 78.5 Å². The zero-order valence-electron chi connectivity index (χ0n) is 16.2. The average Bonchev–Trinajstić information content (AvgIpc) is 3.14. The van der Waals surface area contributed by atoms with Gasteiger partial charge in [0.2, 0.25) is 0 Å². The standard InChI is InChI=1S/C22H20ClN3O3S/c1-15-6-9-18(10-7-15)30(28,29)26-13-12-16-14-17(8-11-21(16)26)24-22(27)25-20-5-3-2-4-19(20)23/h2-11,14H,12-13H2,1H3,(H2,24,25,27). The Bertz CT molecular complexity index is 1210. The maximum absolute atomic E-state index is 13.0. The summed E-state index contributed by atoms with van der Waals surface area (Å²) in [5.41, 5.74) is 3.58. The molecule has 0 atom stereocenters. The number of halogens is 1. The molecule has 8 heteroatoms. The Balaban J connectivity index is 1.52. The first kappa shape index (κ1) is 20.3. The maximum atomic E-state index is 13.0. The summed E-state index contributed by atoms with van der Waals surface area (Å²) in [7, 11) is -3.63. The van der Waals surface area contributed by atoms with Gasteiger partial charge in [-0.25, -0.2) is 13.2 Å². The van der Waals surface area contributed by atoms with E-state index in [1.165, 1.54) is 4.31 Å². The lowest BCUT2D eigenvalue weighted by molar-refractivity contribution is 0.262.